The van der Waals surface area contributed by atoms with Gasteiger partial charge < -0.3 is 10.0 Å². The first-order valence-corrected chi connectivity index (χ1v) is 10.2. The molecule has 1 saturated heterocycles. The number of aliphatic hydroxyl groups is 1. The Morgan fingerprint density at radius 3 is 2.79 bits per heavy atom. The van der Waals surface area contributed by atoms with E-state index >= 15 is 0 Å². The predicted octanol–water partition coefficient (Wildman–Crippen LogP) is 5.43. The van der Waals surface area contributed by atoms with Crippen molar-refractivity contribution in [2.45, 2.75) is 25.2 Å². The second kappa shape index (κ2) is 9.43. The topological polar surface area (TPSA) is 35.8 Å². The summed E-state index contributed by atoms with van der Waals surface area (Å²) in [4.78, 5) is 5.40. The van der Waals surface area contributed by atoms with Crippen LogP contribution in [0.15, 0.2) is 47.0 Å². The molecule has 0 radical (unpaired) electrons. The molecule has 1 aliphatic heterocycles. The van der Waals surface area contributed by atoms with Gasteiger partial charge in [0.25, 0.3) is 0 Å². The van der Waals surface area contributed by atoms with Gasteiger partial charge in [-0.2, -0.15) is 13.2 Å². The summed E-state index contributed by atoms with van der Waals surface area (Å²) in [5.74, 6) is 0.0994. The van der Waals surface area contributed by atoms with Crippen molar-refractivity contribution in [1.29, 1.82) is 0 Å². The minimum atomic E-state index is -4.53. The molecule has 1 aromatic rings. The molecule has 2 rings (SSSR count). The lowest BCUT2D eigenvalue weighted by Gasteiger charge is -2.36. The fraction of sp³-hybridized carbons (Fsp3) is 0.368. The van der Waals surface area contributed by atoms with Crippen molar-refractivity contribution in [2.24, 2.45) is 4.99 Å². The van der Waals surface area contributed by atoms with Crippen molar-refractivity contribution in [3.63, 3.8) is 0 Å². The molecule has 1 N–H and O–H groups in total. The standard InChI is InChI=1S/C19H20ClF3N2OS2/c1-3-13(6-4-5-9-24-2)11-25-17(27)28-12-18(25,26)15-10-14(19(21,22)23)7-8-16(15)20/h3-5,7-10,26H,6,11-12H2,1-2H3/b5-4?,13-3+,24-9?. The van der Waals surface area contributed by atoms with Gasteiger partial charge in [0.1, 0.15) is 4.32 Å². The molecule has 0 spiro atoms. The molecule has 9 heteroatoms. The fourth-order valence-corrected chi connectivity index (χ4v) is 4.41. The summed E-state index contributed by atoms with van der Waals surface area (Å²) in [6, 6.07) is 2.96. The van der Waals surface area contributed by atoms with E-state index in [2.05, 4.69) is 4.99 Å². The zero-order chi connectivity index (χ0) is 20.9. The lowest BCUT2D eigenvalue weighted by molar-refractivity contribution is -0.137. The number of rotatable bonds is 6. The average Bonchev–Trinajstić information content (AvgIpc) is 2.92. The van der Waals surface area contributed by atoms with Gasteiger partial charge in [-0.1, -0.05) is 53.3 Å². The van der Waals surface area contributed by atoms with Crippen molar-refractivity contribution < 1.29 is 18.3 Å². The molecule has 0 amide bonds. The Balaban J connectivity index is 2.36. The number of nitrogens with zero attached hydrogens (tertiary/aromatic N) is 2. The van der Waals surface area contributed by atoms with Crippen molar-refractivity contribution in [2.75, 3.05) is 19.3 Å². The monoisotopic (exact) mass is 448 g/mol. The van der Waals surface area contributed by atoms with Crippen LogP contribution in [0.25, 0.3) is 0 Å². The minimum absolute atomic E-state index is 0.000420. The van der Waals surface area contributed by atoms with Crippen molar-refractivity contribution in [3.05, 3.63) is 58.1 Å². The fourth-order valence-electron chi connectivity index (χ4n) is 2.74. The van der Waals surface area contributed by atoms with E-state index in [1.807, 2.05) is 19.1 Å². The number of benzene rings is 1. The van der Waals surface area contributed by atoms with E-state index in [0.717, 1.165) is 23.8 Å². The highest BCUT2D eigenvalue weighted by Crippen LogP contribution is 2.44. The van der Waals surface area contributed by atoms with Gasteiger partial charge in [-0.05, 0) is 37.6 Å². The maximum absolute atomic E-state index is 13.2. The largest absolute Gasteiger partial charge is 0.416 e. The first kappa shape index (κ1) is 22.9. The third kappa shape index (κ3) is 5.17. The van der Waals surface area contributed by atoms with E-state index in [0.29, 0.717) is 10.7 Å². The van der Waals surface area contributed by atoms with Gasteiger partial charge >= 0.3 is 6.18 Å². The highest BCUT2D eigenvalue weighted by Gasteiger charge is 2.46. The Morgan fingerprint density at radius 1 is 1.46 bits per heavy atom. The molecule has 0 saturated carbocycles. The van der Waals surface area contributed by atoms with Crippen LogP contribution in [0.1, 0.15) is 24.5 Å². The van der Waals surface area contributed by atoms with Crippen LogP contribution in [-0.4, -0.2) is 39.9 Å². The third-order valence-corrected chi connectivity index (χ3v) is 6.23. The molecule has 1 aromatic carbocycles. The average molecular weight is 449 g/mol. The molecular formula is C19H20ClF3N2OS2. The van der Waals surface area contributed by atoms with E-state index in [1.54, 1.807) is 19.3 Å². The number of allylic oxidation sites excluding steroid dienone is 3. The molecule has 1 aliphatic rings. The maximum Gasteiger partial charge on any atom is 0.416 e. The smallest absolute Gasteiger partial charge is 0.366 e. The van der Waals surface area contributed by atoms with E-state index < -0.39 is 17.5 Å². The van der Waals surface area contributed by atoms with Crippen molar-refractivity contribution >= 4 is 46.1 Å². The number of thioether (sulfide) groups is 1. The molecule has 0 bridgehead atoms. The highest BCUT2D eigenvalue weighted by molar-refractivity contribution is 8.23. The van der Waals surface area contributed by atoms with Gasteiger partial charge in [0, 0.05) is 30.4 Å². The molecular weight excluding hydrogens is 429 g/mol. The number of hydrogen-bond donors (Lipinski definition) is 1. The summed E-state index contributed by atoms with van der Waals surface area (Å²) in [6.07, 6.45) is 3.32. The number of aliphatic imine (C=N–C) groups is 1. The second-order valence-corrected chi connectivity index (χ2v) is 8.15. The lowest BCUT2D eigenvalue weighted by Crippen LogP contribution is -2.45. The number of thiocarbonyl (C=S) groups is 1. The van der Waals surface area contributed by atoms with Gasteiger partial charge in [-0.25, -0.2) is 0 Å². The zero-order valence-corrected chi connectivity index (χ0v) is 17.7. The molecule has 1 fully saturated rings. The van der Waals surface area contributed by atoms with Crippen LogP contribution < -0.4 is 0 Å². The molecule has 3 nitrogen and oxygen atoms in total. The first-order valence-electron chi connectivity index (χ1n) is 8.38. The van der Waals surface area contributed by atoms with Crippen LogP contribution in [0.3, 0.4) is 0 Å². The predicted molar refractivity (Wildman–Crippen MR) is 114 cm³/mol. The van der Waals surface area contributed by atoms with Gasteiger partial charge in [0.05, 0.1) is 11.3 Å². The van der Waals surface area contributed by atoms with E-state index in [4.69, 9.17) is 23.8 Å². The minimum Gasteiger partial charge on any atom is -0.366 e. The zero-order valence-electron chi connectivity index (χ0n) is 15.3. The van der Waals surface area contributed by atoms with E-state index in [-0.39, 0.29) is 22.9 Å². The molecule has 0 aromatic heterocycles. The van der Waals surface area contributed by atoms with Crippen molar-refractivity contribution in [1.82, 2.24) is 4.90 Å². The van der Waals surface area contributed by atoms with Gasteiger partial charge in [-0.3, -0.25) is 4.99 Å². The van der Waals surface area contributed by atoms with Crippen LogP contribution in [-0.2, 0) is 11.9 Å². The highest BCUT2D eigenvalue weighted by atomic mass is 35.5. The summed E-state index contributed by atoms with van der Waals surface area (Å²) >= 11 is 12.7. The molecule has 1 unspecified atom stereocenters. The molecule has 1 heterocycles. The van der Waals surface area contributed by atoms with Gasteiger partial charge in [0.15, 0.2) is 5.72 Å². The van der Waals surface area contributed by atoms with Crippen LogP contribution in [0.5, 0.6) is 0 Å². The first-order chi connectivity index (χ1) is 13.1. The normalized spacial score (nSPS) is 21.5. The number of halogens is 4. The van der Waals surface area contributed by atoms with Crippen LogP contribution in [0, 0.1) is 0 Å². The quantitative estimate of drug-likeness (QED) is 0.357. The summed E-state index contributed by atoms with van der Waals surface area (Å²) in [5, 5.41) is 11.4. The molecule has 0 aliphatic carbocycles. The number of alkyl halides is 3. The second-order valence-electron chi connectivity index (χ2n) is 6.14. The summed E-state index contributed by atoms with van der Waals surface area (Å²) in [6.45, 7) is 2.14. The molecule has 1 atom stereocenters. The van der Waals surface area contributed by atoms with E-state index in [1.165, 1.54) is 16.7 Å². The Bertz CT molecular complexity index is 824. The lowest BCUT2D eigenvalue weighted by atomic mass is 9.99. The summed E-state index contributed by atoms with van der Waals surface area (Å²) in [7, 11) is 1.67. The molecule has 28 heavy (non-hydrogen) atoms. The Morgan fingerprint density at radius 2 is 2.18 bits per heavy atom. The summed E-state index contributed by atoms with van der Waals surface area (Å²) < 4.78 is 39.9. The third-order valence-electron chi connectivity index (χ3n) is 4.31. The van der Waals surface area contributed by atoms with Crippen molar-refractivity contribution in [3.8, 4) is 0 Å². The van der Waals surface area contributed by atoms with Gasteiger partial charge in [-0.15, -0.1) is 0 Å². The molecule has 152 valence electrons. The Labute approximate surface area is 177 Å². The van der Waals surface area contributed by atoms with Gasteiger partial charge in [0.2, 0.25) is 0 Å². The van der Waals surface area contributed by atoms with Crippen LogP contribution in [0.2, 0.25) is 5.02 Å². The Kier molecular flexibility index (Phi) is 7.73. The SMILES string of the molecule is C/C=C(\CC=CC=NC)CN1C(=S)SCC1(O)c1cc(C(F)(F)F)ccc1Cl. The Hall–Kier alpha value is -1.35. The maximum atomic E-state index is 13.2. The van der Waals surface area contributed by atoms with E-state index in [9.17, 15) is 18.3 Å². The van der Waals surface area contributed by atoms with Crippen LogP contribution >= 0.6 is 35.6 Å². The van der Waals surface area contributed by atoms with Crippen LogP contribution in [0.4, 0.5) is 13.2 Å². The summed E-state index contributed by atoms with van der Waals surface area (Å²) in [5.41, 5.74) is -1.63. The number of hydrogen-bond acceptors (Lipinski definition) is 4.